The van der Waals surface area contributed by atoms with Gasteiger partial charge in [-0.1, -0.05) is 0 Å². The summed E-state index contributed by atoms with van der Waals surface area (Å²) < 4.78 is 15.4. The lowest BCUT2D eigenvalue weighted by Crippen LogP contribution is -2.27. The Bertz CT molecular complexity index is 466. The third-order valence-corrected chi connectivity index (χ3v) is 2.19. The zero-order valence-electron chi connectivity index (χ0n) is 12.2. The Kier molecular flexibility index (Phi) is 4.58. The van der Waals surface area contributed by atoms with Crippen LogP contribution in [0.5, 0.6) is 11.8 Å². The molecule has 1 N–H and O–H groups in total. The van der Waals surface area contributed by atoms with Crippen molar-refractivity contribution in [3.8, 4) is 11.8 Å². The van der Waals surface area contributed by atoms with E-state index >= 15 is 0 Å². The van der Waals surface area contributed by atoms with E-state index in [1.165, 1.54) is 14.2 Å². The lowest BCUT2D eigenvalue weighted by molar-refractivity contribution is 0.0635. The normalized spacial score (nSPS) is 10.8. The van der Waals surface area contributed by atoms with Crippen molar-refractivity contribution in [1.82, 2.24) is 4.98 Å². The summed E-state index contributed by atoms with van der Waals surface area (Å²) in [6, 6.07) is 1.70. The molecule has 0 saturated heterocycles. The fourth-order valence-corrected chi connectivity index (χ4v) is 1.42. The third kappa shape index (κ3) is 4.31. The maximum Gasteiger partial charge on any atom is 0.412 e. The molecule has 0 atom stereocenters. The lowest BCUT2D eigenvalue weighted by atomic mass is 10.2. The second kappa shape index (κ2) is 5.77. The van der Waals surface area contributed by atoms with Crippen LogP contribution in [0.3, 0.4) is 0 Å². The van der Waals surface area contributed by atoms with E-state index in [2.05, 4.69) is 10.3 Å². The van der Waals surface area contributed by atoms with Crippen LogP contribution in [-0.4, -0.2) is 30.9 Å². The number of pyridine rings is 1. The molecule has 1 amide bonds. The molecule has 0 aromatic carbocycles. The number of rotatable bonds is 3. The number of nitrogens with zero attached hydrogens (tertiary/aromatic N) is 1. The largest absolute Gasteiger partial charge is 0.481 e. The van der Waals surface area contributed by atoms with Crippen molar-refractivity contribution in [3.05, 3.63) is 11.6 Å². The fraction of sp³-hybridized carbons (Fsp3) is 0.538. The molecule has 1 rings (SSSR count). The second-order valence-electron chi connectivity index (χ2n) is 4.99. The van der Waals surface area contributed by atoms with Crippen LogP contribution in [0.15, 0.2) is 6.07 Å². The molecule has 0 unspecified atom stereocenters. The predicted molar refractivity (Wildman–Crippen MR) is 71.9 cm³/mol. The molecule has 0 spiro atoms. The number of hydrogen-bond donors (Lipinski definition) is 1. The summed E-state index contributed by atoms with van der Waals surface area (Å²) >= 11 is 0. The van der Waals surface area contributed by atoms with E-state index < -0.39 is 11.7 Å². The highest BCUT2D eigenvalue weighted by atomic mass is 16.6. The maximum absolute atomic E-state index is 11.8. The van der Waals surface area contributed by atoms with Crippen LogP contribution < -0.4 is 14.8 Å². The zero-order valence-corrected chi connectivity index (χ0v) is 12.2. The first-order valence-corrected chi connectivity index (χ1v) is 5.86. The molecule has 6 nitrogen and oxygen atoms in total. The Morgan fingerprint density at radius 2 is 1.89 bits per heavy atom. The number of amides is 1. The van der Waals surface area contributed by atoms with Crippen LogP contribution in [0.1, 0.15) is 26.3 Å². The first-order chi connectivity index (χ1) is 8.76. The summed E-state index contributed by atoms with van der Waals surface area (Å²) in [4.78, 5) is 15.9. The Hall–Kier alpha value is -1.98. The molecule has 0 aliphatic rings. The number of anilines is 1. The van der Waals surface area contributed by atoms with E-state index in [-0.39, 0.29) is 5.88 Å². The summed E-state index contributed by atoms with van der Waals surface area (Å²) in [7, 11) is 2.99. The number of carbonyl (C=O) groups excluding carboxylic acids is 1. The van der Waals surface area contributed by atoms with Gasteiger partial charge in [-0.3, -0.25) is 5.32 Å². The molecule has 1 aromatic rings. The van der Waals surface area contributed by atoms with Crippen LogP contribution in [0.25, 0.3) is 0 Å². The molecule has 0 fully saturated rings. The number of ether oxygens (including phenoxy) is 3. The minimum absolute atomic E-state index is 0.280. The molecule has 1 aromatic heterocycles. The predicted octanol–water partition coefficient (Wildman–Crippen LogP) is 2.75. The topological polar surface area (TPSA) is 69.7 Å². The average Bonchev–Trinajstić information content (AvgIpc) is 2.29. The molecule has 0 aliphatic heterocycles. The van der Waals surface area contributed by atoms with Gasteiger partial charge in [0.05, 0.1) is 14.2 Å². The maximum atomic E-state index is 11.8. The molecular formula is C13H20N2O4. The Morgan fingerprint density at radius 1 is 1.26 bits per heavy atom. The van der Waals surface area contributed by atoms with E-state index in [0.717, 1.165) is 5.56 Å². The van der Waals surface area contributed by atoms with E-state index in [0.29, 0.717) is 11.6 Å². The van der Waals surface area contributed by atoms with Crippen molar-refractivity contribution < 1.29 is 19.0 Å². The number of aryl methyl sites for hydroxylation is 1. The Labute approximate surface area is 113 Å². The fourth-order valence-electron chi connectivity index (χ4n) is 1.42. The smallest absolute Gasteiger partial charge is 0.412 e. The van der Waals surface area contributed by atoms with Gasteiger partial charge < -0.3 is 14.2 Å². The number of aromatic nitrogens is 1. The monoisotopic (exact) mass is 268 g/mol. The van der Waals surface area contributed by atoms with Crippen molar-refractivity contribution in [2.75, 3.05) is 19.5 Å². The van der Waals surface area contributed by atoms with E-state index in [1.807, 2.05) is 6.92 Å². The molecule has 19 heavy (non-hydrogen) atoms. The number of hydrogen-bond acceptors (Lipinski definition) is 5. The van der Waals surface area contributed by atoms with E-state index in [4.69, 9.17) is 14.2 Å². The molecule has 106 valence electrons. The molecule has 0 radical (unpaired) electrons. The standard InChI is InChI=1S/C13H20N2O4/c1-8-7-9(17-5)14-11(18-6)10(8)15-12(16)19-13(2,3)4/h7H,1-6H3,(H,15,16). The Balaban J connectivity index is 2.97. The first-order valence-electron chi connectivity index (χ1n) is 5.86. The summed E-state index contributed by atoms with van der Waals surface area (Å²) in [5.74, 6) is 0.701. The second-order valence-corrected chi connectivity index (χ2v) is 4.99. The molecule has 6 heteroatoms. The number of nitrogens with one attached hydrogen (secondary N) is 1. The van der Waals surface area contributed by atoms with Crippen LogP contribution in [0.2, 0.25) is 0 Å². The SMILES string of the molecule is COc1cc(C)c(NC(=O)OC(C)(C)C)c(OC)n1. The summed E-state index contributed by atoms with van der Waals surface area (Å²) in [5, 5.41) is 2.63. The van der Waals surface area contributed by atoms with Gasteiger partial charge in [0.25, 0.3) is 0 Å². The van der Waals surface area contributed by atoms with Crippen LogP contribution in [-0.2, 0) is 4.74 Å². The highest BCUT2D eigenvalue weighted by molar-refractivity contribution is 5.87. The van der Waals surface area contributed by atoms with Crippen molar-refractivity contribution in [2.24, 2.45) is 0 Å². The zero-order chi connectivity index (χ0) is 14.6. The lowest BCUT2D eigenvalue weighted by Gasteiger charge is -2.20. The summed E-state index contributed by atoms with van der Waals surface area (Å²) in [5.41, 5.74) is 0.678. The highest BCUT2D eigenvalue weighted by Gasteiger charge is 2.19. The minimum atomic E-state index is -0.564. The van der Waals surface area contributed by atoms with Gasteiger partial charge in [-0.05, 0) is 33.3 Å². The van der Waals surface area contributed by atoms with Gasteiger partial charge in [0.15, 0.2) is 0 Å². The first kappa shape index (κ1) is 15.1. The third-order valence-electron chi connectivity index (χ3n) is 2.19. The van der Waals surface area contributed by atoms with E-state index in [9.17, 15) is 4.79 Å². The molecule has 0 bridgehead atoms. The van der Waals surface area contributed by atoms with Gasteiger partial charge in [-0.2, -0.15) is 4.98 Å². The number of methoxy groups -OCH3 is 2. The Morgan fingerprint density at radius 3 is 2.37 bits per heavy atom. The van der Waals surface area contributed by atoms with Gasteiger partial charge in [0, 0.05) is 6.07 Å². The van der Waals surface area contributed by atoms with Gasteiger partial charge in [0.1, 0.15) is 11.3 Å². The van der Waals surface area contributed by atoms with Gasteiger partial charge >= 0.3 is 6.09 Å². The van der Waals surface area contributed by atoms with Crippen molar-refractivity contribution in [2.45, 2.75) is 33.3 Å². The van der Waals surface area contributed by atoms with Crippen LogP contribution in [0.4, 0.5) is 10.5 Å². The van der Waals surface area contributed by atoms with Crippen LogP contribution >= 0.6 is 0 Å². The van der Waals surface area contributed by atoms with Crippen molar-refractivity contribution >= 4 is 11.8 Å². The highest BCUT2D eigenvalue weighted by Crippen LogP contribution is 2.29. The number of carbonyl (C=O) groups is 1. The molecule has 0 aliphatic carbocycles. The average molecular weight is 268 g/mol. The summed E-state index contributed by atoms with van der Waals surface area (Å²) in [6.07, 6.45) is -0.555. The van der Waals surface area contributed by atoms with Crippen LogP contribution in [0, 0.1) is 6.92 Å². The van der Waals surface area contributed by atoms with E-state index in [1.54, 1.807) is 26.8 Å². The molecular weight excluding hydrogens is 248 g/mol. The summed E-state index contributed by atoms with van der Waals surface area (Å²) in [6.45, 7) is 7.20. The molecule has 0 saturated carbocycles. The molecule has 1 heterocycles. The quantitative estimate of drug-likeness (QED) is 0.912. The van der Waals surface area contributed by atoms with Crippen molar-refractivity contribution in [3.63, 3.8) is 0 Å². The van der Waals surface area contributed by atoms with Crippen molar-refractivity contribution in [1.29, 1.82) is 0 Å². The van der Waals surface area contributed by atoms with Gasteiger partial charge in [0.2, 0.25) is 11.8 Å². The van der Waals surface area contributed by atoms with Gasteiger partial charge in [-0.25, -0.2) is 4.79 Å². The van der Waals surface area contributed by atoms with Gasteiger partial charge in [-0.15, -0.1) is 0 Å². The minimum Gasteiger partial charge on any atom is -0.481 e.